The summed E-state index contributed by atoms with van der Waals surface area (Å²) < 4.78 is 13.4. The van der Waals surface area contributed by atoms with Gasteiger partial charge in [-0.15, -0.1) is 0 Å². The number of rotatable bonds is 3. The summed E-state index contributed by atoms with van der Waals surface area (Å²) in [4.78, 5) is 2.46. The van der Waals surface area contributed by atoms with Crippen molar-refractivity contribution in [3.8, 4) is 0 Å². The van der Waals surface area contributed by atoms with Crippen LogP contribution in [0.25, 0.3) is 0 Å². The lowest BCUT2D eigenvalue weighted by atomic mass is 9.91. The molecule has 1 aromatic rings. The molecule has 1 aliphatic heterocycles. The van der Waals surface area contributed by atoms with Crippen LogP contribution in [0.3, 0.4) is 0 Å². The molecular weight excluding hydrogens is 227 g/mol. The van der Waals surface area contributed by atoms with Crippen molar-refractivity contribution in [1.82, 2.24) is 4.90 Å². The molecular formula is C15H23FN2. The van der Waals surface area contributed by atoms with E-state index in [2.05, 4.69) is 18.7 Å². The van der Waals surface area contributed by atoms with Gasteiger partial charge in [0, 0.05) is 19.1 Å². The van der Waals surface area contributed by atoms with E-state index in [0.29, 0.717) is 6.04 Å². The first-order valence-corrected chi connectivity index (χ1v) is 6.88. The van der Waals surface area contributed by atoms with Gasteiger partial charge >= 0.3 is 0 Å². The highest BCUT2D eigenvalue weighted by Gasteiger charge is 2.24. The third-order valence-corrected chi connectivity index (χ3v) is 4.14. The van der Waals surface area contributed by atoms with Gasteiger partial charge in [0.25, 0.3) is 0 Å². The van der Waals surface area contributed by atoms with Crippen molar-refractivity contribution in [2.75, 3.05) is 12.3 Å². The maximum atomic E-state index is 13.4. The van der Waals surface area contributed by atoms with E-state index >= 15 is 0 Å². The smallest absolute Gasteiger partial charge is 0.146 e. The number of nitrogens with zero attached hydrogens (tertiary/aromatic N) is 1. The van der Waals surface area contributed by atoms with E-state index in [1.165, 1.54) is 19.3 Å². The Morgan fingerprint density at radius 1 is 1.39 bits per heavy atom. The molecule has 0 radical (unpaired) electrons. The standard InChI is InChI=1S/C15H23FN2/c1-3-12-5-4-11(2)18(9-12)10-13-6-7-15(17)14(16)8-13/h6-8,11-12H,3-5,9-10,17H2,1-2H3. The lowest BCUT2D eigenvalue weighted by Gasteiger charge is -2.37. The average molecular weight is 250 g/mol. The van der Waals surface area contributed by atoms with Gasteiger partial charge in [-0.3, -0.25) is 4.90 Å². The van der Waals surface area contributed by atoms with Gasteiger partial charge in [0.1, 0.15) is 5.82 Å². The van der Waals surface area contributed by atoms with E-state index in [-0.39, 0.29) is 11.5 Å². The predicted octanol–water partition coefficient (Wildman–Crippen LogP) is 3.42. The third kappa shape index (κ3) is 3.02. The summed E-state index contributed by atoms with van der Waals surface area (Å²) in [7, 11) is 0. The molecule has 100 valence electrons. The van der Waals surface area contributed by atoms with Crippen LogP contribution in [0.2, 0.25) is 0 Å². The van der Waals surface area contributed by atoms with Crippen LogP contribution in [0, 0.1) is 11.7 Å². The number of likely N-dealkylation sites (tertiary alicyclic amines) is 1. The highest BCUT2D eigenvalue weighted by molar-refractivity contribution is 5.41. The molecule has 2 nitrogen and oxygen atoms in total. The molecule has 1 saturated heterocycles. The zero-order chi connectivity index (χ0) is 13.1. The topological polar surface area (TPSA) is 29.3 Å². The summed E-state index contributed by atoms with van der Waals surface area (Å²) in [6.07, 6.45) is 3.81. The van der Waals surface area contributed by atoms with Crippen molar-refractivity contribution < 1.29 is 4.39 Å². The number of nitrogens with two attached hydrogens (primary N) is 1. The Morgan fingerprint density at radius 3 is 2.83 bits per heavy atom. The summed E-state index contributed by atoms with van der Waals surface area (Å²) in [6.45, 7) is 6.47. The summed E-state index contributed by atoms with van der Waals surface area (Å²) in [5, 5.41) is 0. The maximum absolute atomic E-state index is 13.4. The second kappa shape index (κ2) is 5.70. The molecule has 18 heavy (non-hydrogen) atoms. The van der Waals surface area contributed by atoms with Gasteiger partial charge in [-0.25, -0.2) is 4.39 Å². The molecule has 3 heteroatoms. The van der Waals surface area contributed by atoms with Crippen LogP contribution >= 0.6 is 0 Å². The first-order valence-electron chi connectivity index (χ1n) is 6.88. The number of nitrogen functional groups attached to an aromatic ring is 1. The lowest BCUT2D eigenvalue weighted by Crippen LogP contribution is -2.41. The number of hydrogen-bond donors (Lipinski definition) is 1. The summed E-state index contributed by atoms with van der Waals surface area (Å²) in [6, 6.07) is 5.75. The highest BCUT2D eigenvalue weighted by atomic mass is 19.1. The molecule has 2 rings (SSSR count). The van der Waals surface area contributed by atoms with E-state index in [4.69, 9.17) is 5.73 Å². The van der Waals surface area contributed by atoms with Gasteiger partial charge in [-0.1, -0.05) is 19.4 Å². The van der Waals surface area contributed by atoms with Gasteiger partial charge in [-0.2, -0.15) is 0 Å². The molecule has 0 aliphatic carbocycles. The first kappa shape index (κ1) is 13.3. The van der Waals surface area contributed by atoms with Crippen molar-refractivity contribution in [3.05, 3.63) is 29.6 Å². The van der Waals surface area contributed by atoms with Crippen molar-refractivity contribution in [1.29, 1.82) is 0 Å². The van der Waals surface area contributed by atoms with Crippen molar-refractivity contribution in [2.45, 2.75) is 45.7 Å². The fourth-order valence-electron chi connectivity index (χ4n) is 2.72. The average Bonchev–Trinajstić information content (AvgIpc) is 2.36. The van der Waals surface area contributed by atoms with E-state index in [0.717, 1.165) is 24.6 Å². The zero-order valence-electron chi connectivity index (χ0n) is 11.3. The fraction of sp³-hybridized carbons (Fsp3) is 0.600. The Bertz CT molecular complexity index is 405. The molecule has 1 aliphatic rings. The molecule has 0 spiro atoms. The van der Waals surface area contributed by atoms with Crippen LogP contribution < -0.4 is 5.73 Å². The molecule has 0 amide bonds. The van der Waals surface area contributed by atoms with Crippen LogP contribution in [0.1, 0.15) is 38.7 Å². The summed E-state index contributed by atoms with van der Waals surface area (Å²) in [5.41, 5.74) is 6.76. The van der Waals surface area contributed by atoms with Crippen molar-refractivity contribution in [3.63, 3.8) is 0 Å². The number of hydrogen-bond acceptors (Lipinski definition) is 2. The minimum Gasteiger partial charge on any atom is -0.396 e. The van der Waals surface area contributed by atoms with Gasteiger partial charge in [0.15, 0.2) is 0 Å². The highest BCUT2D eigenvalue weighted by Crippen LogP contribution is 2.26. The molecule has 1 aromatic carbocycles. The van der Waals surface area contributed by atoms with Gasteiger partial charge in [0.2, 0.25) is 0 Å². The number of benzene rings is 1. The Labute approximate surface area is 109 Å². The van der Waals surface area contributed by atoms with E-state index in [1.807, 2.05) is 6.07 Å². The molecule has 0 saturated carbocycles. The van der Waals surface area contributed by atoms with E-state index < -0.39 is 0 Å². The number of anilines is 1. The minimum atomic E-state index is -0.302. The van der Waals surface area contributed by atoms with Crippen molar-refractivity contribution in [2.24, 2.45) is 5.92 Å². The molecule has 0 aromatic heterocycles. The fourth-order valence-corrected chi connectivity index (χ4v) is 2.72. The SMILES string of the molecule is CCC1CCC(C)N(Cc2ccc(N)c(F)c2)C1. The van der Waals surface area contributed by atoms with Gasteiger partial charge in [-0.05, 0) is 43.4 Å². The van der Waals surface area contributed by atoms with E-state index in [9.17, 15) is 4.39 Å². The molecule has 2 atom stereocenters. The lowest BCUT2D eigenvalue weighted by molar-refractivity contribution is 0.108. The summed E-state index contributed by atoms with van der Waals surface area (Å²) >= 11 is 0. The molecule has 2 N–H and O–H groups in total. The normalized spacial score (nSPS) is 25.3. The Morgan fingerprint density at radius 2 is 2.17 bits per heavy atom. The summed E-state index contributed by atoms with van der Waals surface area (Å²) in [5.74, 6) is 0.490. The van der Waals surface area contributed by atoms with Crippen LogP contribution in [0.15, 0.2) is 18.2 Å². The van der Waals surface area contributed by atoms with E-state index in [1.54, 1.807) is 12.1 Å². The number of halogens is 1. The Kier molecular flexibility index (Phi) is 4.23. The monoisotopic (exact) mass is 250 g/mol. The second-order valence-corrected chi connectivity index (χ2v) is 5.49. The molecule has 1 heterocycles. The van der Waals surface area contributed by atoms with Gasteiger partial charge in [0.05, 0.1) is 5.69 Å². The zero-order valence-corrected chi connectivity index (χ0v) is 11.3. The number of piperidine rings is 1. The quantitative estimate of drug-likeness (QED) is 0.833. The van der Waals surface area contributed by atoms with Crippen molar-refractivity contribution >= 4 is 5.69 Å². The Balaban J connectivity index is 2.04. The molecule has 1 fully saturated rings. The molecule has 0 bridgehead atoms. The molecule has 2 unspecified atom stereocenters. The van der Waals surface area contributed by atoms with Crippen LogP contribution in [0.5, 0.6) is 0 Å². The first-order chi connectivity index (χ1) is 8.60. The van der Waals surface area contributed by atoms with Crippen LogP contribution in [-0.2, 0) is 6.54 Å². The van der Waals surface area contributed by atoms with Gasteiger partial charge < -0.3 is 5.73 Å². The predicted molar refractivity (Wildman–Crippen MR) is 73.7 cm³/mol. The van der Waals surface area contributed by atoms with Crippen LogP contribution in [-0.4, -0.2) is 17.5 Å². The Hall–Kier alpha value is -1.09. The maximum Gasteiger partial charge on any atom is 0.146 e. The van der Waals surface area contributed by atoms with Crippen LogP contribution in [0.4, 0.5) is 10.1 Å². The largest absolute Gasteiger partial charge is 0.396 e. The second-order valence-electron chi connectivity index (χ2n) is 5.49. The minimum absolute atomic E-state index is 0.233. The third-order valence-electron chi connectivity index (χ3n) is 4.14.